The van der Waals surface area contributed by atoms with E-state index in [-0.39, 0.29) is 28.7 Å². The van der Waals surface area contributed by atoms with Gasteiger partial charge in [0, 0.05) is 43.5 Å². The number of hydrogen-bond donors (Lipinski definition) is 1. The quantitative estimate of drug-likeness (QED) is 0.390. The summed E-state index contributed by atoms with van der Waals surface area (Å²) in [4.78, 5) is 9.90. The van der Waals surface area contributed by atoms with E-state index in [9.17, 15) is 0 Å². The molecule has 0 bridgehead atoms. The molecule has 0 radical (unpaired) electrons. The van der Waals surface area contributed by atoms with Gasteiger partial charge in [-0.05, 0) is 33.4 Å². The number of morpholine rings is 1. The van der Waals surface area contributed by atoms with Crippen molar-refractivity contribution in [3.8, 4) is 0 Å². The van der Waals surface area contributed by atoms with E-state index in [0.717, 1.165) is 58.4 Å². The fourth-order valence-corrected chi connectivity index (χ4v) is 3.12. The summed E-state index contributed by atoms with van der Waals surface area (Å²) >= 11 is 1.88. The predicted molar refractivity (Wildman–Crippen MR) is 111 cm³/mol. The van der Waals surface area contributed by atoms with E-state index in [0.29, 0.717) is 6.04 Å². The van der Waals surface area contributed by atoms with Crippen molar-refractivity contribution in [1.82, 2.24) is 15.1 Å². The topological polar surface area (TPSA) is 40.1 Å². The van der Waals surface area contributed by atoms with E-state index >= 15 is 0 Å². The van der Waals surface area contributed by atoms with E-state index in [2.05, 4.69) is 42.1 Å². The van der Waals surface area contributed by atoms with Crippen molar-refractivity contribution >= 4 is 41.7 Å². The molecule has 136 valence electrons. The Labute approximate surface area is 163 Å². The van der Waals surface area contributed by atoms with Crippen LogP contribution in [0.15, 0.2) is 4.99 Å². The average molecular weight is 456 g/mol. The number of likely N-dealkylation sites (tertiary alicyclic amines) is 1. The molecule has 0 spiro atoms. The molecule has 2 heterocycles. The van der Waals surface area contributed by atoms with Crippen LogP contribution in [0.25, 0.3) is 0 Å². The van der Waals surface area contributed by atoms with Crippen LogP contribution in [0.3, 0.4) is 0 Å². The van der Waals surface area contributed by atoms with E-state index in [1.165, 1.54) is 6.42 Å². The molecule has 0 aromatic carbocycles. The minimum absolute atomic E-state index is 0. The van der Waals surface area contributed by atoms with Crippen molar-refractivity contribution in [3.63, 3.8) is 0 Å². The number of thioether (sulfide) groups is 1. The zero-order valence-corrected chi connectivity index (χ0v) is 18.2. The number of halogens is 1. The maximum Gasteiger partial charge on any atom is 0.194 e. The monoisotopic (exact) mass is 456 g/mol. The van der Waals surface area contributed by atoms with Gasteiger partial charge in [0.15, 0.2) is 5.96 Å². The normalized spacial score (nSPS) is 23.7. The number of nitrogens with one attached hydrogen (secondary N) is 1. The van der Waals surface area contributed by atoms with Crippen molar-refractivity contribution in [1.29, 1.82) is 0 Å². The second kappa shape index (κ2) is 10.3. The number of rotatable bonds is 5. The molecule has 1 N–H and O–H groups in total. The van der Waals surface area contributed by atoms with Crippen LogP contribution in [0, 0.1) is 0 Å². The molecule has 0 amide bonds. The number of nitrogens with zero attached hydrogens (tertiary/aromatic N) is 3. The molecule has 2 saturated heterocycles. The summed E-state index contributed by atoms with van der Waals surface area (Å²) < 4.78 is 5.67. The van der Waals surface area contributed by atoms with E-state index < -0.39 is 0 Å². The lowest BCUT2D eigenvalue weighted by Crippen LogP contribution is -2.47. The summed E-state index contributed by atoms with van der Waals surface area (Å²) in [5, 5.41) is 3.47. The van der Waals surface area contributed by atoms with Crippen molar-refractivity contribution in [2.45, 2.75) is 38.0 Å². The van der Waals surface area contributed by atoms with Crippen LogP contribution in [0.1, 0.15) is 27.2 Å². The molecule has 0 saturated carbocycles. The van der Waals surface area contributed by atoms with E-state index in [4.69, 9.17) is 9.73 Å². The summed E-state index contributed by atoms with van der Waals surface area (Å²) in [6, 6.07) is 0.654. The molecule has 1 atom stereocenters. The lowest BCUT2D eigenvalue weighted by atomic mass is 10.2. The summed E-state index contributed by atoms with van der Waals surface area (Å²) in [6.07, 6.45) is 3.39. The standard InChI is InChI=1S/C16H32N4OS.HI/c1-5-17-15(18-13-16(2,3)22-4)20-7-6-14(12-20)19-8-10-21-11-9-19;/h14H,5-13H2,1-4H3,(H,17,18);1H. The van der Waals surface area contributed by atoms with Crippen molar-refractivity contribution in [2.24, 2.45) is 4.99 Å². The highest BCUT2D eigenvalue weighted by atomic mass is 127. The third kappa shape index (κ3) is 6.59. The fraction of sp³-hybridized carbons (Fsp3) is 0.938. The molecule has 1 unspecified atom stereocenters. The van der Waals surface area contributed by atoms with Crippen LogP contribution in [0.4, 0.5) is 0 Å². The molecule has 23 heavy (non-hydrogen) atoms. The minimum atomic E-state index is 0. The first-order valence-corrected chi connectivity index (χ1v) is 9.68. The minimum Gasteiger partial charge on any atom is -0.379 e. The predicted octanol–water partition coefficient (Wildman–Crippen LogP) is 2.12. The SMILES string of the molecule is CCNC(=NCC(C)(C)SC)N1CCC(N2CCOCC2)C1.I. The van der Waals surface area contributed by atoms with E-state index in [1.54, 1.807) is 0 Å². The summed E-state index contributed by atoms with van der Waals surface area (Å²) in [5.41, 5.74) is 0. The van der Waals surface area contributed by atoms with Crippen molar-refractivity contribution < 1.29 is 4.74 Å². The van der Waals surface area contributed by atoms with Gasteiger partial charge in [-0.15, -0.1) is 24.0 Å². The molecule has 2 aliphatic rings. The first kappa shape index (κ1) is 21.3. The Balaban J connectivity index is 0.00000264. The van der Waals surface area contributed by atoms with Gasteiger partial charge >= 0.3 is 0 Å². The van der Waals surface area contributed by atoms with Gasteiger partial charge in [-0.2, -0.15) is 11.8 Å². The summed E-state index contributed by atoms with van der Waals surface area (Å²) in [7, 11) is 0. The molecule has 7 heteroatoms. The first-order valence-electron chi connectivity index (χ1n) is 8.46. The zero-order valence-electron chi connectivity index (χ0n) is 15.0. The van der Waals surface area contributed by atoms with Gasteiger partial charge in [0.2, 0.25) is 0 Å². The summed E-state index contributed by atoms with van der Waals surface area (Å²) in [5.74, 6) is 1.08. The fourth-order valence-electron chi connectivity index (χ4n) is 2.93. The third-order valence-corrected chi connectivity index (χ3v) is 5.76. The van der Waals surface area contributed by atoms with Crippen LogP contribution in [-0.2, 0) is 4.74 Å². The molecule has 0 aliphatic carbocycles. The largest absolute Gasteiger partial charge is 0.379 e. The Morgan fingerprint density at radius 1 is 1.30 bits per heavy atom. The highest BCUT2D eigenvalue weighted by Crippen LogP contribution is 2.22. The zero-order chi connectivity index (χ0) is 16.0. The van der Waals surface area contributed by atoms with Gasteiger partial charge in [0.25, 0.3) is 0 Å². The lowest BCUT2D eigenvalue weighted by molar-refractivity contribution is 0.0195. The van der Waals surface area contributed by atoms with Gasteiger partial charge in [-0.3, -0.25) is 9.89 Å². The van der Waals surface area contributed by atoms with Crippen LogP contribution in [0.5, 0.6) is 0 Å². The maximum absolute atomic E-state index is 5.47. The second-order valence-corrected chi connectivity index (χ2v) is 8.18. The van der Waals surface area contributed by atoms with Gasteiger partial charge in [-0.25, -0.2) is 0 Å². The van der Waals surface area contributed by atoms with E-state index in [1.807, 2.05) is 11.8 Å². The van der Waals surface area contributed by atoms with Gasteiger partial charge in [-0.1, -0.05) is 0 Å². The smallest absolute Gasteiger partial charge is 0.194 e. The molecule has 5 nitrogen and oxygen atoms in total. The van der Waals surface area contributed by atoms with Crippen molar-refractivity contribution in [2.75, 3.05) is 58.7 Å². The van der Waals surface area contributed by atoms with Crippen LogP contribution >= 0.6 is 35.7 Å². The molecule has 0 aromatic rings. The molecule has 2 fully saturated rings. The summed E-state index contributed by atoms with van der Waals surface area (Å²) in [6.45, 7) is 14.5. The number of guanidine groups is 1. The molecular formula is C16H33IN4OS. The molecular weight excluding hydrogens is 423 g/mol. The Kier molecular flexibility index (Phi) is 9.55. The van der Waals surface area contributed by atoms with Crippen LogP contribution in [-0.4, -0.2) is 85.3 Å². The third-order valence-electron chi connectivity index (χ3n) is 4.52. The average Bonchev–Trinajstić information content (AvgIpc) is 3.02. The highest BCUT2D eigenvalue weighted by molar-refractivity contribution is 14.0. The molecule has 0 aromatic heterocycles. The second-order valence-electron chi connectivity index (χ2n) is 6.67. The van der Waals surface area contributed by atoms with Crippen molar-refractivity contribution in [3.05, 3.63) is 0 Å². The first-order chi connectivity index (χ1) is 10.6. The number of aliphatic imine (C=N–C) groups is 1. The Morgan fingerprint density at radius 2 is 2.00 bits per heavy atom. The van der Waals surface area contributed by atoms with Gasteiger partial charge < -0.3 is 15.0 Å². The lowest BCUT2D eigenvalue weighted by Gasteiger charge is -2.32. The van der Waals surface area contributed by atoms with Crippen LogP contribution < -0.4 is 5.32 Å². The Bertz CT molecular complexity index is 375. The number of ether oxygens (including phenoxy) is 1. The Morgan fingerprint density at radius 3 is 2.61 bits per heavy atom. The number of hydrogen-bond acceptors (Lipinski definition) is 4. The maximum atomic E-state index is 5.47. The molecule has 2 aliphatic heterocycles. The van der Waals surface area contributed by atoms with Gasteiger partial charge in [0.05, 0.1) is 19.8 Å². The molecule has 2 rings (SSSR count). The van der Waals surface area contributed by atoms with Crippen LogP contribution in [0.2, 0.25) is 0 Å². The van der Waals surface area contributed by atoms with Gasteiger partial charge in [0.1, 0.15) is 0 Å². The Hall–Kier alpha value is 0.270. The highest BCUT2D eigenvalue weighted by Gasteiger charge is 2.30.